The van der Waals surface area contributed by atoms with Crippen LogP contribution in [0.4, 0.5) is 8.78 Å². The Labute approximate surface area is 136 Å². The topological polar surface area (TPSA) is 26.7 Å². The number of aliphatic hydroxyl groups is 1. The van der Waals surface area contributed by atoms with Gasteiger partial charge in [-0.05, 0) is 45.7 Å². The van der Waals surface area contributed by atoms with Gasteiger partial charge in [-0.25, -0.2) is 8.78 Å². The van der Waals surface area contributed by atoms with Gasteiger partial charge in [0.15, 0.2) is 0 Å². The molecule has 5 heteroatoms. The minimum atomic E-state index is -0.917. The molecule has 0 spiro atoms. The molecule has 0 aliphatic carbocycles. The minimum absolute atomic E-state index is 0.182. The molecule has 2 fully saturated rings. The van der Waals surface area contributed by atoms with Gasteiger partial charge in [-0.3, -0.25) is 9.80 Å². The van der Waals surface area contributed by atoms with Crippen LogP contribution in [0, 0.1) is 11.6 Å². The van der Waals surface area contributed by atoms with Crippen molar-refractivity contribution in [1.29, 1.82) is 0 Å². The van der Waals surface area contributed by atoms with Crippen LogP contribution >= 0.6 is 0 Å². The van der Waals surface area contributed by atoms with E-state index in [2.05, 4.69) is 23.6 Å². The second-order valence-corrected chi connectivity index (χ2v) is 7.16. The Morgan fingerprint density at radius 3 is 2.61 bits per heavy atom. The number of β-amino-alcohol motifs (C(OH)–C–C–N with tert-alkyl or cyclic N) is 1. The van der Waals surface area contributed by atoms with Crippen LogP contribution < -0.4 is 0 Å². The van der Waals surface area contributed by atoms with Crippen LogP contribution in [-0.4, -0.2) is 52.7 Å². The van der Waals surface area contributed by atoms with Crippen molar-refractivity contribution in [3.8, 4) is 0 Å². The van der Waals surface area contributed by atoms with Gasteiger partial charge >= 0.3 is 0 Å². The Hall–Kier alpha value is -1.04. The lowest BCUT2D eigenvalue weighted by atomic mass is 10.1. The first-order valence-corrected chi connectivity index (χ1v) is 8.58. The Kier molecular flexibility index (Phi) is 4.99. The molecule has 2 aliphatic heterocycles. The normalized spacial score (nSPS) is 27.4. The van der Waals surface area contributed by atoms with E-state index in [0.29, 0.717) is 24.7 Å². The van der Waals surface area contributed by atoms with Crippen molar-refractivity contribution in [1.82, 2.24) is 9.80 Å². The fourth-order valence-electron chi connectivity index (χ4n) is 4.30. The van der Waals surface area contributed by atoms with Crippen LogP contribution in [0.5, 0.6) is 0 Å². The predicted octanol–water partition coefficient (Wildman–Crippen LogP) is 2.95. The van der Waals surface area contributed by atoms with Crippen LogP contribution in [0.25, 0.3) is 0 Å². The lowest BCUT2D eigenvalue weighted by Gasteiger charge is -2.32. The van der Waals surface area contributed by atoms with E-state index in [1.165, 1.54) is 25.0 Å². The predicted molar refractivity (Wildman–Crippen MR) is 86.2 cm³/mol. The van der Waals surface area contributed by atoms with E-state index in [1.807, 2.05) is 0 Å². The van der Waals surface area contributed by atoms with Gasteiger partial charge in [-0.15, -0.1) is 0 Å². The maximum Gasteiger partial charge on any atom is 0.131 e. The highest BCUT2D eigenvalue weighted by Gasteiger charge is 2.38. The summed E-state index contributed by atoms with van der Waals surface area (Å²) in [6.45, 7) is 6.71. The maximum atomic E-state index is 13.8. The molecule has 0 saturated carbocycles. The summed E-state index contributed by atoms with van der Waals surface area (Å²) in [6, 6.07) is 5.07. The standard InChI is InChI=1S/C18H26F2N2O/c1-12(2)22-14-4-5-15(22)10-21(8-7-14)11-18(23)16-6-3-13(19)9-17(16)20/h3,6,9,12,14-15,18,23H,4-5,7-8,10-11H2,1-2H3. The Balaban J connectivity index is 1.66. The fourth-order valence-corrected chi connectivity index (χ4v) is 4.30. The Bertz CT molecular complexity index is 552. The van der Waals surface area contributed by atoms with Crippen molar-refractivity contribution in [2.45, 2.75) is 57.3 Å². The first-order chi connectivity index (χ1) is 11.0. The molecule has 23 heavy (non-hydrogen) atoms. The SMILES string of the molecule is CC(C)N1C2CCC1CN(CC(O)c1ccc(F)cc1F)CC2. The molecule has 1 aromatic carbocycles. The van der Waals surface area contributed by atoms with Crippen molar-refractivity contribution in [3.05, 3.63) is 35.4 Å². The molecule has 2 bridgehead atoms. The van der Waals surface area contributed by atoms with Gasteiger partial charge in [0, 0.05) is 42.8 Å². The highest BCUT2D eigenvalue weighted by molar-refractivity contribution is 5.21. The van der Waals surface area contributed by atoms with Crippen LogP contribution in [0.2, 0.25) is 0 Å². The number of hydrogen-bond donors (Lipinski definition) is 1. The molecular formula is C18H26F2N2O. The minimum Gasteiger partial charge on any atom is -0.387 e. The van der Waals surface area contributed by atoms with Crippen molar-refractivity contribution in [2.75, 3.05) is 19.6 Å². The number of rotatable bonds is 4. The van der Waals surface area contributed by atoms with E-state index in [4.69, 9.17) is 0 Å². The van der Waals surface area contributed by atoms with E-state index in [0.717, 1.165) is 25.6 Å². The molecule has 2 aliphatic rings. The molecule has 3 unspecified atom stereocenters. The second-order valence-electron chi connectivity index (χ2n) is 7.16. The zero-order valence-corrected chi connectivity index (χ0v) is 13.9. The number of hydrogen-bond acceptors (Lipinski definition) is 3. The molecule has 1 aromatic rings. The fraction of sp³-hybridized carbons (Fsp3) is 0.667. The summed E-state index contributed by atoms with van der Waals surface area (Å²) in [7, 11) is 0. The van der Waals surface area contributed by atoms with Gasteiger partial charge in [-0.1, -0.05) is 6.07 Å². The molecule has 2 saturated heterocycles. The van der Waals surface area contributed by atoms with Crippen molar-refractivity contribution in [3.63, 3.8) is 0 Å². The lowest BCUT2D eigenvalue weighted by molar-refractivity contribution is 0.0980. The average molecular weight is 324 g/mol. The third-order valence-electron chi connectivity index (χ3n) is 5.27. The molecular weight excluding hydrogens is 298 g/mol. The number of aliphatic hydroxyl groups excluding tert-OH is 1. The van der Waals surface area contributed by atoms with Crippen molar-refractivity contribution >= 4 is 0 Å². The van der Waals surface area contributed by atoms with Crippen LogP contribution in [0.15, 0.2) is 18.2 Å². The maximum absolute atomic E-state index is 13.8. The molecule has 3 atom stereocenters. The lowest BCUT2D eigenvalue weighted by Crippen LogP contribution is -2.43. The number of nitrogens with zero attached hydrogens (tertiary/aromatic N) is 2. The van der Waals surface area contributed by atoms with E-state index < -0.39 is 17.7 Å². The third kappa shape index (κ3) is 3.57. The molecule has 1 N–H and O–H groups in total. The van der Waals surface area contributed by atoms with E-state index in [1.54, 1.807) is 0 Å². The van der Waals surface area contributed by atoms with Gasteiger partial charge in [0.05, 0.1) is 6.10 Å². The van der Waals surface area contributed by atoms with Gasteiger partial charge < -0.3 is 5.11 Å². The van der Waals surface area contributed by atoms with Gasteiger partial charge in [0.2, 0.25) is 0 Å². The number of benzene rings is 1. The van der Waals surface area contributed by atoms with Gasteiger partial charge in [-0.2, -0.15) is 0 Å². The molecule has 0 radical (unpaired) electrons. The number of halogens is 2. The second kappa shape index (κ2) is 6.83. The summed E-state index contributed by atoms with van der Waals surface area (Å²) < 4.78 is 26.8. The highest BCUT2D eigenvalue weighted by Crippen LogP contribution is 2.32. The molecule has 3 nitrogen and oxygen atoms in total. The quantitative estimate of drug-likeness (QED) is 0.922. The summed E-state index contributed by atoms with van der Waals surface area (Å²) in [5.41, 5.74) is 0.182. The first-order valence-electron chi connectivity index (χ1n) is 8.58. The summed E-state index contributed by atoms with van der Waals surface area (Å²) in [5, 5.41) is 10.4. The zero-order valence-electron chi connectivity index (χ0n) is 13.9. The number of fused-ring (bicyclic) bond motifs is 2. The smallest absolute Gasteiger partial charge is 0.131 e. The highest BCUT2D eigenvalue weighted by atomic mass is 19.1. The Morgan fingerprint density at radius 2 is 1.91 bits per heavy atom. The largest absolute Gasteiger partial charge is 0.387 e. The molecule has 128 valence electrons. The average Bonchev–Trinajstić information content (AvgIpc) is 2.77. The zero-order chi connectivity index (χ0) is 16.6. The van der Waals surface area contributed by atoms with Crippen LogP contribution in [-0.2, 0) is 0 Å². The van der Waals surface area contributed by atoms with Crippen LogP contribution in [0.1, 0.15) is 44.8 Å². The molecule has 3 rings (SSSR count). The summed E-state index contributed by atoms with van der Waals surface area (Å²) in [6.07, 6.45) is 2.62. The van der Waals surface area contributed by atoms with E-state index >= 15 is 0 Å². The van der Waals surface area contributed by atoms with Crippen molar-refractivity contribution in [2.24, 2.45) is 0 Å². The summed E-state index contributed by atoms with van der Waals surface area (Å²) in [4.78, 5) is 4.83. The van der Waals surface area contributed by atoms with Crippen LogP contribution in [0.3, 0.4) is 0 Å². The van der Waals surface area contributed by atoms with E-state index in [-0.39, 0.29) is 5.56 Å². The summed E-state index contributed by atoms with van der Waals surface area (Å²) >= 11 is 0. The first kappa shape index (κ1) is 16.8. The third-order valence-corrected chi connectivity index (χ3v) is 5.27. The molecule has 2 heterocycles. The Morgan fingerprint density at radius 1 is 1.17 bits per heavy atom. The monoisotopic (exact) mass is 324 g/mol. The molecule has 0 aromatic heterocycles. The summed E-state index contributed by atoms with van der Waals surface area (Å²) in [5.74, 6) is -1.28. The van der Waals surface area contributed by atoms with Gasteiger partial charge in [0.25, 0.3) is 0 Å². The number of likely N-dealkylation sites (tertiary alicyclic amines) is 1. The van der Waals surface area contributed by atoms with Gasteiger partial charge in [0.1, 0.15) is 11.6 Å². The molecule has 0 amide bonds. The van der Waals surface area contributed by atoms with Crippen molar-refractivity contribution < 1.29 is 13.9 Å². The van der Waals surface area contributed by atoms with E-state index in [9.17, 15) is 13.9 Å².